The predicted molar refractivity (Wildman–Crippen MR) is 122 cm³/mol. The van der Waals surface area contributed by atoms with Crippen LogP contribution in [0.15, 0.2) is 35.7 Å². The maximum Gasteiger partial charge on any atom is 0.237 e. The molecule has 0 saturated carbocycles. The zero-order valence-corrected chi connectivity index (χ0v) is 19.5. The summed E-state index contributed by atoms with van der Waals surface area (Å²) in [6, 6.07) is 9.29. The van der Waals surface area contributed by atoms with Crippen LogP contribution in [0.1, 0.15) is 37.3 Å². The standard InChI is InChI=1S/C23H31ClN2O3S/c1-16(2)12-25(13-17(3)27)14-23(28)26-10-8-22-20(9-11-30-22)21(26)15-29-19-6-4-18(24)5-7-19/h4-7,9,11,16-17,21,27H,8,10,12-15H2,1-3H3/t17-,21-/m0/s1. The van der Waals surface area contributed by atoms with E-state index in [1.165, 1.54) is 10.4 Å². The Morgan fingerprint density at radius 1 is 1.27 bits per heavy atom. The number of hydrogen-bond acceptors (Lipinski definition) is 5. The Hall–Kier alpha value is -1.60. The minimum absolute atomic E-state index is 0.0813. The normalized spacial score (nSPS) is 17.3. The summed E-state index contributed by atoms with van der Waals surface area (Å²) in [5.74, 6) is 1.24. The van der Waals surface area contributed by atoms with Crippen molar-refractivity contribution < 1.29 is 14.6 Å². The molecule has 2 aromatic rings. The molecule has 0 fully saturated rings. The second-order valence-corrected chi connectivity index (χ2v) is 9.79. The third kappa shape index (κ3) is 6.20. The van der Waals surface area contributed by atoms with Crippen LogP contribution < -0.4 is 4.74 Å². The van der Waals surface area contributed by atoms with E-state index in [0.717, 1.165) is 18.7 Å². The highest BCUT2D eigenvalue weighted by Gasteiger charge is 2.33. The van der Waals surface area contributed by atoms with Gasteiger partial charge in [-0.05, 0) is 60.5 Å². The van der Waals surface area contributed by atoms with Crippen molar-refractivity contribution in [2.45, 2.75) is 39.3 Å². The van der Waals surface area contributed by atoms with Crippen LogP contribution in [0.3, 0.4) is 0 Å². The van der Waals surface area contributed by atoms with E-state index in [1.807, 2.05) is 17.0 Å². The molecule has 0 unspecified atom stereocenters. The molecule has 2 atom stereocenters. The lowest BCUT2D eigenvalue weighted by Gasteiger charge is -2.37. The molecule has 7 heteroatoms. The van der Waals surface area contributed by atoms with Gasteiger partial charge in [0.25, 0.3) is 0 Å². The fourth-order valence-electron chi connectivity index (χ4n) is 3.96. The van der Waals surface area contributed by atoms with Gasteiger partial charge in [-0.25, -0.2) is 0 Å². The van der Waals surface area contributed by atoms with Crippen LogP contribution in [-0.2, 0) is 11.2 Å². The van der Waals surface area contributed by atoms with Crippen LogP contribution in [-0.4, -0.2) is 59.7 Å². The number of amides is 1. The van der Waals surface area contributed by atoms with Gasteiger partial charge in [-0.2, -0.15) is 0 Å². The van der Waals surface area contributed by atoms with Gasteiger partial charge in [0, 0.05) is 29.5 Å². The zero-order valence-electron chi connectivity index (χ0n) is 17.9. The molecule has 30 heavy (non-hydrogen) atoms. The molecule has 1 amide bonds. The first-order chi connectivity index (χ1) is 14.3. The molecule has 2 heterocycles. The molecule has 0 radical (unpaired) electrons. The van der Waals surface area contributed by atoms with Crippen LogP contribution >= 0.6 is 22.9 Å². The van der Waals surface area contributed by atoms with E-state index in [2.05, 4.69) is 30.2 Å². The molecule has 1 aromatic heterocycles. The molecule has 1 aliphatic rings. The molecule has 1 aromatic carbocycles. The third-order valence-electron chi connectivity index (χ3n) is 5.14. The smallest absolute Gasteiger partial charge is 0.237 e. The van der Waals surface area contributed by atoms with E-state index >= 15 is 0 Å². The zero-order chi connectivity index (χ0) is 21.7. The topological polar surface area (TPSA) is 53.0 Å². The Balaban J connectivity index is 1.73. The van der Waals surface area contributed by atoms with Crippen molar-refractivity contribution in [2.24, 2.45) is 5.92 Å². The molecule has 164 valence electrons. The third-order valence-corrected chi connectivity index (χ3v) is 6.39. The van der Waals surface area contributed by atoms with Gasteiger partial charge in [-0.15, -0.1) is 11.3 Å². The molecule has 0 spiro atoms. The number of halogens is 1. The van der Waals surface area contributed by atoms with Crippen molar-refractivity contribution in [2.75, 3.05) is 32.8 Å². The van der Waals surface area contributed by atoms with E-state index in [1.54, 1.807) is 30.4 Å². The number of nitrogens with zero attached hydrogens (tertiary/aromatic N) is 2. The summed E-state index contributed by atoms with van der Waals surface area (Å²) < 4.78 is 6.04. The van der Waals surface area contributed by atoms with Crippen LogP contribution in [0.4, 0.5) is 0 Å². The highest BCUT2D eigenvalue weighted by molar-refractivity contribution is 7.10. The lowest BCUT2D eigenvalue weighted by Crippen LogP contribution is -2.48. The fraction of sp³-hybridized carbons (Fsp3) is 0.522. The van der Waals surface area contributed by atoms with E-state index in [-0.39, 0.29) is 11.9 Å². The van der Waals surface area contributed by atoms with Crippen LogP contribution in [0.5, 0.6) is 5.75 Å². The largest absolute Gasteiger partial charge is 0.491 e. The second-order valence-electron chi connectivity index (χ2n) is 8.35. The predicted octanol–water partition coefficient (Wildman–Crippen LogP) is 4.25. The summed E-state index contributed by atoms with van der Waals surface area (Å²) in [6.07, 6.45) is 0.405. The molecule has 3 rings (SSSR count). The molecule has 0 bridgehead atoms. The first-order valence-electron chi connectivity index (χ1n) is 10.5. The number of ether oxygens (including phenoxy) is 1. The number of carbonyl (C=O) groups excluding carboxylic acids is 1. The van der Waals surface area contributed by atoms with E-state index in [9.17, 15) is 9.90 Å². The second kappa shape index (κ2) is 10.6. The van der Waals surface area contributed by atoms with Gasteiger partial charge in [0.2, 0.25) is 5.91 Å². The number of hydrogen-bond donors (Lipinski definition) is 1. The maximum absolute atomic E-state index is 13.3. The number of aliphatic hydroxyl groups is 1. The average molecular weight is 451 g/mol. The molecule has 0 aliphatic carbocycles. The summed E-state index contributed by atoms with van der Waals surface area (Å²) in [5.41, 5.74) is 1.18. The Bertz CT molecular complexity index is 812. The molecular formula is C23H31ClN2O3S. The number of benzene rings is 1. The lowest BCUT2D eigenvalue weighted by molar-refractivity contribution is -0.136. The Labute approximate surface area is 188 Å². The number of thiophene rings is 1. The maximum atomic E-state index is 13.3. The lowest BCUT2D eigenvalue weighted by atomic mass is 10.0. The van der Waals surface area contributed by atoms with Crippen LogP contribution in [0.25, 0.3) is 0 Å². The molecule has 1 N–H and O–H groups in total. The summed E-state index contributed by atoms with van der Waals surface area (Å²) in [4.78, 5) is 18.6. The van der Waals surface area contributed by atoms with E-state index in [0.29, 0.717) is 37.2 Å². The molecular weight excluding hydrogens is 420 g/mol. The highest BCUT2D eigenvalue weighted by atomic mass is 35.5. The Morgan fingerprint density at radius 2 is 2.00 bits per heavy atom. The van der Waals surface area contributed by atoms with Crippen molar-refractivity contribution in [3.05, 3.63) is 51.2 Å². The summed E-state index contributed by atoms with van der Waals surface area (Å²) in [5, 5.41) is 12.6. The number of fused-ring (bicyclic) bond motifs is 1. The van der Waals surface area contributed by atoms with Crippen LogP contribution in [0.2, 0.25) is 5.02 Å². The number of carbonyl (C=O) groups is 1. The molecule has 0 saturated heterocycles. The van der Waals surface area contributed by atoms with Crippen molar-refractivity contribution in [1.82, 2.24) is 9.80 Å². The minimum Gasteiger partial charge on any atom is -0.491 e. The van der Waals surface area contributed by atoms with Crippen molar-refractivity contribution >= 4 is 28.8 Å². The van der Waals surface area contributed by atoms with Crippen molar-refractivity contribution in [3.63, 3.8) is 0 Å². The van der Waals surface area contributed by atoms with Crippen LogP contribution in [0, 0.1) is 5.92 Å². The first kappa shape index (κ1) is 23.1. The molecule has 1 aliphatic heterocycles. The highest BCUT2D eigenvalue weighted by Crippen LogP contribution is 2.34. The van der Waals surface area contributed by atoms with Crippen molar-refractivity contribution in [3.8, 4) is 5.75 Å². The van der Waals surface area contributed by atoms with E-state index in [4.69, 9.17) is 16.3 Å². The van der Waals surface area contributed by atoms with Gasteiger partial charge >= 0.3 is 0 Å². The number of aliphatic hydroxyl groups excluding tert-OH is 1. The Kier molecular flexibility index (Phi) is 8.17. The summed E-state index contributed by atoms with van der Waals surface area (Å²) in [7, 11) is 0. The Morgan fingerprint density at radius 3 is 2.67 bits per heavy atom. The summed E-state index contributed by atoms with van der Waals surface area (Å²) in [6.45, 7) is 8.68. The van der Waals surface area contributed by atoms with Gasteiger partial charge in [0.1, 0.15) is 12.4 Å². The average Bonchev–Trinajstić information content (AvgIpc) is 3.15. The fourth-order valence-corrected chi connectivity index (χ4v) is 5.01. The molecule has 5 nitrogen and oxygen atoms in total. The number of rotatable bonds is 9. The van der Waals surface area contributed by atoms with Gasteiger partial charge in [0.05, 0.1) is 18.7 Å². The minimum atomic E-state index is -0.467. The SMILES string of the molecule is CC(C)CN(CC(=O)N1CCc2sccc2[C@@H]1COc1ccc(Cl)cc1)C[C@H](C)O. The van der Waals surface area contributed by atoms with Gasteiger partial charge < -0.3 is 14.7 Å². The van der Waals surface area contributed by atoms with Gasteiger partial charge in [-0.3, -0.25) is 9.69 Å². The quantitative estimate of drug-likeness (QED) is 0.620. The van der Waals surface area contributed by atoms with Gasteiger partial charge in [-0.1, -0.05) is 25.4 Å². The van der Waals surface area contributed by atoms with E-state index < -0.39 is 6.10 Å². The summed E-state index contributed by atoms with van der Waals surface area (Å²) >= 11 is 7.71. The first-order valence-corrected chi connectivity index (χ1v) is 11.7. The van der Waals surface area contributed by atoms with Crippen molar-refractivity contribution in [1.29, 1.82) is 0 Å². The monoisotopic (exact) mass is 450 g/mol. The van der Waals surface area contributed by atoms with Gasteiger partial charge in [0.15, 0.2) is 0 Å².